The van der Waals surface area contributed by atoms with Gasteiger partial charge in [-0.05, 0) is 39.8 Å². The first-order valence-corrected chi connectivity index (χ1v) is 6.32. The van der Waals surface area contributed by atoms with Crippen molar-refractivity contribution in [1.82, 2.24) is 5.32 Å². The summed E-state index contributed by atoms with van der Waals surface area (Å²) >= 11 is 0. The van der Waals surface area contributed by atoms with Crippen LogP contribution in [-0.4, -0.2) is 39.0 Å². The molecule has 3 heteroatoms. The van der Waals surface area contributed by atoms with Crippen LogP contribution in [0.25, 0.3) is 0 Å². The molecule has 1 N–H and O–H groups in total. The second kappa shape index (κ2) is 12.7. The van der Waals surface area contributed by atoms with Gasteiger partial charge in [-0.1, -0.05) is 19.1 Å². The van der Waals surface area contributed by atoms with Crippen molar-refractivity contribution in [1.29, 1.82) is 0 Å². The largest absolute Gasteiger partial charge is 0.377 e. The van der Waals surface area contributed by atoms with Gasteiger partial charge in [-0.15, -0.1) is 0 Å². The van der Waals surface area contributed by atoms with Crippen molar-refractivity contribution in [3.05, 3.63) is 12.2 Å². The Hall–Kier alpha value is -0.380. The Balaban J connectivity index is 3.03. The fourth-order valence-electron chi connectivity index (χ4n) is 1.17. The average molecular weight is 229 g/mol. The molecule has 0 saturated carbocycles. The molecule has 3 nitrogen and oxygen atoms in total. The highest BCUT2D eigenvalue weighted by molar-refractivity contribution is 4.81. The maximum atomic E-state index is 5.45. The van der Waals surface area contributed by atoms with Gasteiger partial charge in [0.1, 0.15) is 0 Å². The van der Waals surface area contributed by atoms with Crippen molar-refractivity contribution in [3.63, 3.8) is 0 Å². The molecule has 0 atom stereocenters. The van der Waals surface area contributed by atoms with E-state index in [1.54, 1.807) is 0 Å². The van der Waals surface area contributed by atoms with E-state index >= 15 is 0 Å². The van der Waals surface area contributed by atoms with Crippen LogP contribution < -0.4 is 5.32 Å². The summed E-state index contributed by atoms with van der Waals surface area (Å²) in [6.07, 6.45) is 6.65. The molecule has 0 fully saturated rings. The minimum atomic E-state index is 0.302. The predicted molar refractivity (Wildman–Crippen MR) is 68.8 cm³/mol. The van der Waals surface area contributed by atoms with E-state index < -0.39 is 0 Å². The molecule has 0 aromatic rings. The van der Waals surface area contributed by atoms with Crippen LogP contribution in [0, 0.1) is 0 Å². The SMILES string of the molecule is CCNCCCCOC/C=C/COC(C)C. The van der Waals surface area contributed by atoms with Crippen LogP contribution in [0.3, 0.4) is 0 Å². The van der Waals surface area contributed by atoms with E-state index in [4.69, 9.17) is 9.47 Å². The third-order valence-corrected chi connectivity index (χ3v) is 2.05. The summed E-state index contributed by atoms with van der Waals surface area (Å²) in [6.45, 7) is 10.6. The van der Waals surface area contributed by atoms with Gasteiger partial charge in [0.15, 0.2) is 0 Å². The number of ether oxygens (including phenoxy) is 2. The fourth-order valence-corrected chi connectivity index (χ4v) is 1.17. The summed E-state index contributed by atoms with van der Waals surface area (Å²) in [5.41, 5.74) is 0. The zero-order valence-corrected chi connectivity index (χ0v) is 11.0. The maximum Gasteiger partial charge on any atom is 0.0651 e. The first-order valence-electron chi connectivity index (χ1n) is 6.32. The van der Waals surface area contributed by atoms with Gasteiger partial charge in [-0.25, -0.2) is 0 Å². The number of unbranched alkanes of at least 4 members (excludes halogenated alkanes) is 1. The molecule has 0 spiro atoms. The first-order chi connectivity index (χ1) is 7.77. The normalized spacial score (nSPS) is 11.8. The molecule has 0 aromatic heterocycles. The van der Waals surface area contributed by atoms with Gasteiger partial charge >= 0.3 is 0 Å². The average Bonchev–Trinajstić information content (AvgIpc) is 2.25. The van der Waals surface area contributed by atoms with Crippen LogP contribution in [-0.2, 0) is 9.47 Å². The van der Waals surface area contributed by atoms with E-state index in [1.807, 2.05) is 26.0 Å². The zero-order valence-electron chi connectivity index (χ0n) is 11.0. The van der Waals surface area contributed by atoms with E-state index in [9.17, 15) is 0 Å². The second-order valence-electron chi connectivity index (χ2n) is 3.99. The lowest BCUT2D eigenvalue weighted by Gasteiger charge is -2.03. The Morgan fingerprint density at radius 1 is 1.12 bits per heavy atom. The number of hydrogen-bond acceptors (Lipinski definition) is 3. The van der Waals surface area contributed by atoms with E-state index in [-0.39, 0.29) is 0 Å². The molecule has 16 heavy (non-hydrogen) atoms. The third kappa shape index (κ3) is 13.6. The summed E-state index contributed by atoms with van der Waals surface area (Å²) in [5.74, 6) is 0. The number of rotatable bonds is 11. The van der Waals surface area contributed by atoms with E-state index in [2.05, 4.69) is 12.2 Å². The Kier molecular flexibility index (Phi) is 12.4. The molecular weight excluding hydrogens is 202 g/mol. The van der Waals surface area contributed by atoms with Crippen molar-refractivity contribution in [2.75, 3.05) is 32.9 Å². The molecule has 0 amide bonds. The van der Waals surface area contributed by atoms with Crippen molar-refractivity contribution >= 4 is 0 Å². The monoisotopic (exact) mass is 229 g/mol. The molecular formula is C13H27NO2. The van der Waals surface area contributed by atoms with Gasteiger partial charge in [-0.3, -0.25) is 0 Å². The van der Waals surface area contributed by atoms with Crippen LogP contribution in [0.1, 0.15) is 33.6 Å². The molecule has 0 unspecified atom stereocenters. The topological polar surface area (TPSA) is 30.5 Å². The lowest BCUT2D eigenvalue weighted by Crippen LogP contribution is -2.14. The van der Waals surface area contributed by atoms with E-state index in [0.717, 1.165) is 26.1 Å². The van der Waals surface area contributed by atoms with Gasteiger partial charge in [0.05, 0.1) is 19.3 Å². The van der Waals surface area contributed by atoms with Crippen LogP contribution >= 0.6 is 0 Å². The molecule has 0 radical (unpaired) electrons. The highest BCUT2D eigenvalue weighted by Crippen LogP contribution is 1.90. The molecule has 0 aliphatic rings. The summed E-state index contributed by atoms with van der Waals surface area (Å²) in [6, 6.07) is 0. The quantitative estimate of drug-likeness (QED) is 0.436. The minimum Gasteiger partial charge on any atom is -0.377 e. The Bertz CT molecular complexity index is 158. The summed E-state index contributed by atoms with van der Waals surface area (Å²) in [5, 5.41) is 3.29. The molecule has 0 bridgehead atoms. The lowest BCUT2D eigenvalue weighted by molar-refractivity contribution is 0.101. The van der Waals surface area contributed by atoms with Gasteiger partial charge in [0, 0.05) is 6.61 Å². The molecule has 0 saturated heterocycles. The molecule has 96 valence electrons. The Morgan fingerprint density at radius 3 is 2.56 bits per heavy atom. The molecule has 0 aliphatic carbocycles. The van der Waals surface area contributed by atoms with Crippen molar-refractivity contribution in [3.8, 4) is 0 Å². The predicted octanol–water partition coefficient (Wildman–Crippen LogP) is 2.37. The van der Waals surface area contributed by atoms with E-state index in [1.165, 1.54) is 6.42 Å². The highest BCUT2D eigenvalue weighted by atomic mass is 16.5. The maximum absolute atomic E-state index is 5.45. The summed E-state index contributed by atoms with van der Waals surface area (Å²) in [4.78, 5) is 0. The Labute approximate surface area is 100 Å². The zero-order chi connectivity index (χ0) is 12.1. The lowest BCUT2D eigenvalue weighted by atomic mass is 10.3. The highest BCUT2D eigenvalue weighted by Gasteiger charge is 1.89. The first kappa shape index (κ1) is 15.6. The van der Waals surface area contributed by atoms with Crippen molar-refractivity contribution < 1.29 is 9.47 Å². The van der Waals surface area contributed by atoms with Crippen LogP contribution in [0.2, 0.25) is 0 Å². The third-order valence-electron chi connectivity index (χ3n) is 2.05. The van der Waals surface area contributed by atoms with Crippen LogP contribution in [0.4, 0.5) is 0 Å². The van der Waals surface area contributed by atoms with E-state index in [0.29, 0.717) is 19.3 Å². The molecule has 0 aliphatic heterocycles. The minimum absolute atomic E-state index is 0.302. The standard InChI is InChI=1S/C13H27NO2/c1-4-14-9-5-6-10-15-11-7-8-12-16-13(2)3/h7-8,13-14H,4-6,9-12H2,1-3H3/b8-7+. The van der Waals surface area contributed by atoms with Crippen molar-refractivity contribution in [2.45, 2.75) is 39.7 Å². The summed E-state index contributed by atoms with van der Waals surface area (Å²) in [7, 11) is 0. The van der Waals surface area contributed by atoms with Crippen LogP contribution in [0.15, 0.2) is 12.2 Å². The van der Waals surface area contributed by atoms with Gasteiger partial charge in [0.2, 0.25) is 0 Å². The summed E-state index contributed by atoms with van der Waals surface area (Å²) < 4.78 is 10.8. The molecule has 0 heterocycles. The number of hydrogen-bond donors (Lipinski definition) is 1. The van der Waals surface area contributed by atoms with Gasteiger partial charge in [0.25, 0.3) is 0 Å². The Morgan fingerprint density at radius 2 is 1.88 bits per heavy atom. The number of nitrogens with one attached hydrogen (secondary N) is 1. The molecule has 0 aromatic carbocycles. The second-order valence-corrected chi connectivity index (χ2v) is 3.99. The van der Waals surface area contributed by atoms with Gasteiger partial charge in [-0.2, -0.15) is 0 Å². The van der Waals surface area contributed by atoms with Crippen molar-refractivity contribution in [2.24, 2.45) is 0 Å². The molecule has 0 rings (SSSR count). The fraction of sp³-hybridized carbons (Fsp3) is 0.846. The van der Waals surface area contributed by atoms with Gasteiger partial charge < -0.3 is 14.8 Å². The van der Waals surface area contributed by atoms with Crippen LogP contribution in [0.5, 0.6) is 0 Å². The smallest absolute Gasteiger partial charge is 0.0651 e.